The van der Waals surface area contributed by atoms with Gasteiger partial charge >= 0.3 is 6.36 Å². The molecule has 0 amide bonds. The largest absolute Gasteiger partial charge is 0.573 e. The van der Waals surface area contributed by atoms with Crippen LogP contribution in [0.1, 0.15) is 0 Å². The summed E-state index contributed by atoms with van der Waals surface area (Å²) < 4.78 is 39.3. The fraction of sp³-hybridized carbons (Fsp3) is 0.143. The normalized spacial score (nSPS) is 10.5. The van der Waals surface area contributed by atoms with Crippen LogP contribution in [0.5, 0.6) is 5.75 Å². The zero-order valence-electron chi connectivity index (χ0n) is 6.14. The zero-order chi connectivity index (χ0) is 9.19. The van der Waals surface area contributed by atoms with Crippen LogP contribution < -0.4 is 4.74 Å². The molecule has 0 saturated carbocycles. The number of ether oxygens (including phenoxy) is 1. The maximum atomic E-state index is 11.6. The average molecular weight is 416 g/mol. The summed E-state index contributed by atoms with van der Waals surface area (Å²) in [7, 11) is 0. The Balaban J connectivity index is 0.00000144. The summed E-state index contributed by atoms with van der Waals surface area (Å²) in [6.07, 6.45) is -4.61. The van der Waals surface area contributed by atoms with Gasteiger partial charge in [-0.2, -0.15) is 0 Å². The Morgan fingerprint density at radius 1 is 1.23 bits per heavy atom. The molecule has 0 spiro atoms. The highest BCUT2D eigenvalue weighted by atomic mass is 127. The van der Waals surface area contributed by atoms with Crippen LogP contribution in [0.25, 0.3) is 0 Å². The summed E-state index contributed by atoms with van der Waals surface area (Å²) in [4.78, 5) is 0. The average Bonchev–Trinajstić information content (AvgIpc) is 1.82. The first-order valence-corrected chi connectivity index (χ1v) is 4.06. The number of rotatable bonds is 1. The summed E-state index contributed by atoms with van der Waals surface area (Å²) in [5, 5.41) is 0. The smallest absolute Gasteiger partial charge is 0.406 e. The molecule has 13 heavy (non-hydrogen) atoms. The van der Waals surface area contributed by atoms with Crippen molar-refractivity contribution in [1.82, 2.24) is 0 Å². The molecule has 1 aromatic carbocycles. The quantitative estimate of drug-likeness (QED) is 0.634. The fourth-order valence-corrected chi connectivity index (χ4v) is 1.18. The van der Waals surface area contributed by atoms with Gasteiger partial charge in [0.2, 0.25) is 0 Å². The number of hydrogen-bond donors (Lipinski definition) is 0. The van der Waals surface area contributed by atoms with Gasteiger partial charge < -0.3 is 4.74 Å². The van der Waals surface area contributed by atoms with Crippen LogP contribution in [0.15, 0.2) is 24.3 Å². The molecule has 1 aromatic rings. The predicted molar refractivity (Wildman–Crippen MR) is 61.3 cm³/mol. The third-order valence-corrected chi connectivity index (χ3v) is 1.70. The highest BCUT2D eigenvalue weighted by molar-refractivity contribution is 14.1. The van der Waals surface area contributed by atoms with Crippen LogP contribution in [-0.4, -0.2) is 6.36 Å². The third-order valence-electron chi connectivity index (χ3n) is 1.03. The first kappa shape index (κ1) is 13.3. The van der Waals surface area contributed by atoms with E-state index < -0.39 is 6.36 Å². The van der Waals surface area contributed by atoms with Crippen molar-refractivity contribution in [1.29, 1.82) is 0 Å². The van der Waals surface area contributed by atoms with Gasteiger partial charge in [-0.1, -0.05) is 6.07 Å². The molecule has 0 N–H and O–H groups in total. The fourth-order valence-electron chi connectivity index (χ4n) is 0.664. The highest BCUT2D eigenvalue weighted by Gasteiger charge is 2.30. The van der Waals surface area contributed by atoms with E-state index in [0.29, 0.717) is 3.57 Å². The van der Waals surface area contributed by atoms with E-state index in [1.807, 2.05) is 22.6 Å². The van der Waals surface area contributed by atoms with Crippen LogP contribution in [0.2, 0.25) is 0 Å². The molecule has 0 aromatic heterocycles. The lowest BCUT2D eigenvalue weighted by atomic mass is 10.3. The Morgan fingerprint density at radius 2 is 1.85 bits per heavy atom. The lowest BCUT2D eigenvalue weighted by molar-refractivity contribution is -0.274. The molecule has 0 heterocycles. The van der Waals surface area contributed by atoms with Crippen LogP contribution in [0, 0.1) is 3.57 Å². The highest BCUT2D eigenvalue weighted by Crippen LogP contribution is 2.23. The Kier molecular flexibility index (Phi) is 5.33. The molecule has 0 aliphatic rings. The number of alkyl halides is 3. The summed E-state index contributed by atoms with van der Waals surface area (Å²) >= 11 is 1.91. The lowest BCUT2D eigenvalue weighted by Gasteiger charge is -2.08. The minimum Gasteiger partial charge on any atom is -0.406 e. The Morgan fingerprint density at radius 3 is 2.31 bits per heavy atom. The molecule has 0 aliphatic heterocycles. The van der Waals surface area contributed by atoms with E-state index in [1.54, 1.807) is 6.07 Å². The second-order valence-electron chi connectivity index (χ2n) is 2.01. The van der Waals surface area contributed by atoms with Gasteiger partial charge in [0.25, 0.3) is 0 Å². The summed E-state index contributed by atoms with van der Waals surface area (Å²) in [5.41, 5.74) is 0. The van der Waals surface area contributed by atoms with Gasteiger partial charge in [-0.3, -0.25) is 0 Å². The first-order valence-electron chi connectivity index (χ1n) is 2.99. The van der Waals surface area contributed by atoms with Crippen LogP contribution >= 0.6 is 46.6 Å². The van der Waals surface area contributed by atoms with Crippen molar-refractivity contribution in [2.24, 2.45) is 0 Å². The second kappa shape index (κ2) is 5.23. The Bertz CT molecular complexity index is 275. The Labute approximate surface area is 104 Å². The van der Waals surface area contributed by atoms with Gasteiger partial charge in [0.1, 0.15) is 5.75 Å². The monoisotopic (exact) mass is 416 g/mol. The standard InChI is InChI=1S/C7H4F3IO.HI/c8-7(9,10)12-6-3-1-2-5(11)4-6;/h1-4H;1H. The maximum Gasteiger partial charge on any atom is 0.573 e. The van der Waals surface area contributed by atoms with Gasteiger partial charge in [-0.15, -0.1) is 37.1 Å². The number of hydrogen-bond acceptors (Lipinski definition) is 1. The Hall–Kier alpha value is 0.270. The summed E-state index contributed by atoms with van der Waals surface area (Å²) in [6, 6.07) is 5.76. The molecule has 0 radical (unpaired) electrons. The van der Waals surface area contributed by atoms with Gasteiger partial charge in [-0.05, 0) is 40.8 Å². The van der Waals surface area contributed by atoms with Crippen molar-refractivity contribution in [3.05, 3.63) is 27.8 Å². The van der Waals surface area contributed by atoms with E-state index in [0.717, 1.165) is 0 Å². The van der Waals surface area contributed by atoms with E-state index in [9.17, 15) is 13.2 Å². The van der Waals surface area contributed by atoms with Gasteiger partial charge in [-0.25, -0.2) is 0 Å². The second-order valence-corrected chi connectivity index (χ2v) is 3.25. The summed E-state index contributed by atoms with van der Waals surface area (Å²) in [6.45, 7) is 0. The maximum absolute atomic E-state index is 11.6. The minimum atomic E-state index is -4.61. The molecule has 0 saturated heterocycles. The SMILES string of the molecule is FC(F)(F)Oc1cccc(I)c1.I. The molecule has 0 atom stereocenters. The van der Waals surface area contributed by atoms with Crippen LogP contribution in [0.4, 0.5) is 13.2 Å². The molecule has 0 unspecified atom stereocenters. The third kappa shape index (κ3) is 5.55. The van der Waals surface area contributed by atoms with Gasteiger partial charge in [0.15, 0.2) is 0 Å². The van der Waals surface area contributed by atoms with Crippen molar-refractivity contribution in [2.45, 2.75) is 6.36 Å². The van der Waals surface area contributed by atoms with Crippen molar-refractivity contribution >= 4 is 46.6 Å². The van der Waals surface area contributed by atoms with Crippen molar-refractivity contribution in [3.63, 3.8) is 0 Å². The van der Waals surface area contributed by atoms with Crippen LogP contribution in [-0.2, 0) is 0 Å². The molecule has 74 valence electrons. The van der Waals surface area contributed by atoms with E-state index in [4.69, 9.17) is 0 Å². The molecular formula is C7H5F3I2O. The molecule has 0 aliphatic carbocycles. The van der Waals surface area contributed by atoms with Gasteiger partial charge in [0, 0.05) is 3.57 Å². The number of benzene rings is 1. The van der Waals surface area contributed by atoms with E-state index in [-0.39, 0.29) is 29.7 Å². The molecule has 6 heteroatoms. The minimum absolute atomic E-state index is 0. The van der Waals surface area contributed by atoms with Crippen molar-refractivity contribution in [3.8, 4) is 5.75 Å². The molecule has 1 nitrogen and oxygen atoms in total. The predicted octanol–water partition coefficient (Wildman–Crippen LogP) is 3.81. The molecule has 1 rings (SSSR count). The van der Waals surface area contributed by atoms with Gasteiger partial charge in [0.05, 0.1) is 0 Å². The molecule has 0 bridgehead atoms. The van der Waals surface area contributed by atoms with Crippen LogP contribution in [0.3, 0.4) is 0 Å². The molecule has 0 fully saturated rings. The van der Waals surface area contributed by atoms with E-state index in [2.05, 4.69) is 4.74 Å². The molecular weight excluding hydrogens is 411 g/mol. The van der Waals surface area contributed by atoms with E-state index in [1.165, 1.54) is 18.2 Å². The van der Waals surface area contributed by atoms with E-state index >= 15 is 0 Å². The first-order chi connectivity index (χ1) is 5.47. The lowest BCUT2D eigenvalue weighted by Crippen LogP contribution is -2.17. The summed E-state index contributed by atoms with van der Waals surface area (Å²) in [5.74, 6) is -0.186. The topological polar surface area (TPSA) is 9.23 Å². The van der Waals surface area contributed by atoms with Crippen molar-refractivity contribution in [2.75, 3.05) is 0 Å². The number of halogens is 5. The van der Waals surface area contributed by atoms with Crippen molar-refractivity contribution < 1.29 is 17.9 Å². The zero-order valence-corrected chi connectivity index (χ0v) is 10.6.